The third-order valence-corrected chi connectivity index (χ3v) is 5.98. The highest BCUT2D eigenvalue weighted by Gasteiger charge is 2.47. The molecule has 1 amide bonds. The highest BCUT2D eigenvalue weighted by Crippen LogP contribution is 2.41. The Morgan fingerprint density at radius 2 is 1.82 bits per heavy atom. The van der Waals surface area contributed by atoms with Gasteiger partial charge in [-0.2, -0.15) is 0 Å². The van der Waals surface area contributed by atoms with E-state index in [-0.39, 0.29) is 12.5 Å². The van der Waals surface area contributed by atoms with Gasteiger partial charge >= 0.3 is 5.97 Å². The number of aromatic nitrogens is 3. The topological polar surface area (TPSA) is 77.3 Å². The number of para-hydroxylation sites is 2. The van der Waals surface area contributed by atoms with Crippen molar-refractivity contribution in [3.63, 3.8) is 0 Å². The SMILES string of the molecule is CCOC(=O)[C@@H]1C(=O)N(CCc2ccccc2)c2nc3ccccc3n2[C@@H]1c1cccnc1. The molecule has 1 aliphatic rings. The number of rotatable bonds is 6. The second-order valence-corrected chi connectivity index (χ2v) is 7.96. The molecule has 7 heteroatoms. The predicted molar refractivity (Wildman–Crippen MR) is 125 cm³/mol. The lowest BCUT2D eigenvalue weighted by Gasteiger charge is -2.37. The Morgan fingerprint density at radius 3 is 2.58 bits per heavy atom. The van der Waals surface area contributed by atoms with Crippen molar-refractivity contribution in [2.24, 2.45) is 5.92 Å². The first-order valence-corrected chi connectivity index (χ1v) is 11.1. The fourth-order valence-electron chi connectivity index (χ4n) is 4.50. The number of carbonyl (C=O) groups is 2. The summed E-state index contributed by atoms with van der Waals surface area (Å²) >= 11 is 0. The smallest absolute Gasteiger partial charge is 0.321 e. The summed E-state index contributed by atoms with van der Waals surface area (Å²) in [5.74, 6) is -1.34. The Kier molecular flexibility index (Phi) is 5.60. The van der Waals surface area contributed by atoms with Crippen LogP contribution in [-0.4, -0.2) is 39.6 Å². The first kappa shape index (κ1) is 20.9. The zero-order valence-electron chi connectivity index (χ0n) is 18.3. The van der Waals surface area contributed by atoms with Crippen LogP contribution in [-0.2, 0) is 20.7 Å². The number of nitrogens with zero attached hydrogens (tertiary/aromatic N) is 4. The quantitative estimate of drug-likeness (QED) is 0.337. The van der Waals surface area contributed by atoms with Crippen molar-refractivity contribution in [1.82, 2.24) is 14.5 Å². The molecule has 0 fully saturated rings. The lowest BCUT2D eigenvalue weighted by molar-refractivity contribution is -0.153. The van der Waals surface area contributed by atoms with Gasteiger partial charge in [0, 0.05) is 18.9 Å². The standard InChI is InChI=1S/C26H24N4O3/c1-2-33-25(32)22-23(19-11-8-15-27-17-19)30-21-13-7-6-12-20(21)28-26(30)29(24(22)31)16-14-18-9-4-3-5-10-18/h3-13,15,17,22-23H,2,14,16H2,1H3/t22-,23+/m0/s1. The Bertz CT molecular complexity index is 1290. The van der Waals surface area contributed by atoms with E-state index < -0.39 is 17.9 Å². The summed E-state index contributed by atoms with van der Waals surface area (Å²) in [5.41, 5.74) is 3.49. The number of hydrogen-bond acceptors (Lipinski definition) is 5. The molecule has 0 radical (unpaired) electrons. The number of pyridine rings is 1. The van der Waals surface area contributed by atoms with E-state index in [1.54, 1.807) is 24.2 Å². The fraction of sp³-hybridized carbons (Fsp3) is 0.231. The van der Waals surface area contributed by atoms with E-state index in [4.69, 9.17) is 9.72 Å². The molecule has 0 saturated heterocycles. The number of carbonyl (C=O) groups excluding carboxylic acids is 2. The summed E-state index contributed by atoms with van der Waals surface area (Å²) in [4.78, 5) is 37.7. The van der Waals surface area contributed by atoms with E-state index >= 15 is 0 Å². The van der Waals surface area contributed by atoms with Gasteiger partial charge < -0.3 is 9.30 Å². The van der Waals surface area contributed by atoms with Crippen LogP contribution in [0, 0.1) is 5.92 Å². The molecule has 1 aliphatic heterocycles. The maximum Gasteiger partial charge on any atom is 0.321 e. The van der Waals surface area contributed by atoms with Gasteiger partial charge in [0.15, 0.2) is 5.92 Å². The van der Waals surface area contributed by atoms with Crippen LogP contribution < -0.4 is 4.90 Å². The van der Waals surface area contributed by atoms with E-state index in [9.17, 15) is 9.59 Å². The van der Waals surface area contributed by atoms with E-state index in [1.807, 2.05) is 71.3 Å². The maximum atomic E-state index is 13.8. The lowest BCUT2D eigenvalue weighted by Crippen LogP contribution is -2.50. The van der Waals surface area contributed by atoms with Crippen molar-refractivity contribution in [1.29, 1.82) is 0 Å². The third-order valence-electron chi connectivity index (χ3n) is 5.98. The molecule has 0 unspecified atom stereocenters. The van der Waals surface area contributed by atoms with Crippen molar-refractivity contribution >= 4 is 28.9 Å². The summed E-state index contributed by atoms with van der Waals surface area (Å²) in [6, 6.07) is 20.8. The number of fused-ring (bicyclic) bond motifs is 3. The van der Waals surface area contributed by atoms with Crippen LogP contribution in [0.3, 0.4) is 0 Å². The normalized spacial score (nSPS) is 17.7. The predicted octanol–water partition coefficient (Wildman–Crippen LogP) is 3.79. The minimum absolute atomic E-state index is 0.198. The van der Waals surface area contributed by atoms with Gasteiger partial charge in [0.25, 0.3) is 0 Å². The molecule has 166 valence electrons. The fourth-order valence-corrected chi connectivity index (χ4v) is 4.50. The summed E-state index contributed by atoms with van der Waals surface area (Å²) in [5, 5.41) is 0. The van der Waals surface area contributed by atoms with Gasteiger partial charge in [-0.25, -0.2) is 4.98 Å². The van der Waals surface area contributed by atoms with Gasteiger partial charge in [-0.3, -0.25) is 19.5 Å². The number of amides is 1. The lowest BCUT2D eigenvalue weighted by atomic mass is 9.90. The number of hydrogen-bond donors (Lipinski definition) is 0. The van der Waals surface area contributed by atoms with Crippen LogP contribution in [0.5, 0.6) is 0 Å². The van der Waals surface area contributed by atoms with Gasteiger partial charge in [-0.05, 0) is 42.7 Å². The molecule has 0 spiro atoms. The van der Waals surface area contributed by atoms with Crippen LogP contribution in [0.15, 0.2) is 79.1 Å². The minimum atomic E-state index is -1.03. The first-order valence-electron chi connectivity index (χ1n) is 11.1. The Morgan fingerprint density at radius 1 is 1.03 bits per heavy atom. The largest absolute Gasteiger partial charge is 0.465 e. The average molecular weight is 441 g/mol. The molecule has 7 nitrogen and oxygen atoms in total. The molecule has 0 N–H and O–H groups in total. The molecule has 33 heavy (non-hydrogen) atoms. The number of anilines is 1. The highest BCUT2D eigenvalue weighted by molar-refractivity contribution is 6.08. The van der Waals surface area contributed by atoms with Gasteiger partial charge in [0.1, 0.15) is 0 Å². The number of esters is 1. The van der Waals surface area contributed by atoms with Crippen LogP contribution in [0.1, 0.15) is 24.1 Å². The first-order chi connectivity index (χ1) is 16.2. The summed E-state index contributed by atoms with van der Waals surface area (Å²) in [6.07, 6.45) is 4.01. The molecule has 2 aromatic carbocycles. The minimum Gasteiger partial charge on any atom is -0.465 e. The molecule has 2 atom stereocenters. The highest BCUT2D eigenvalue weighted by atomic mass is 16.5. The maximum absolute atomic E-state index is 13.8. The summed E-state index contributed by atoms with van der Waals surface area (Å²) in [7, 11) is 0. The van der Waals surface area contributed by atoms with Gasteiger partial charge in [0.2, 0.25) is 11.9 Å². The molecular formula is C26H24N4O3. The van der Waals surface area contributed by atoms with Crippen molar-refractivity contribution in [3.8, 4) is 0 Å². The molecule has 0 bridgehead atoms. The molecule has 2 aromatic heterocycles. The van der Waals surface area contributed by atoms with Crippen LogP contribution in [0.4, 0.5) is 5.95 Å². The zero-order chi connectivity index (χ0) is 22.8. The molecule has 4 aromatic rings. The number of imidazole rings is 1. The second kappa shape index (κ2) is 8.86. The second-order valence-electron chi connectivity index (χ2n) is 7.96. The molecule has 5 rings (SSSR count). The average Bonchev–Trinajstić information content (AvgIpc) is 3.23. The summed E-state index contributed by atoms with van der Waals surface area (Å²) in [6.45, 7) is 2.35. The zero-order valence-corrected chi connectivity index (χ0v) is 18.3. The Balaban J connectivity index is 1.67. The van der Waals surface area contributed by atoms with Crippen molar-refractivity contribution in [3.05, 3.63) is 90.3 Å². The van der Waals surface area contributed by atoms with Crippen molar-refractivity contribution in [2.45, 2.75) is 19.4 Å². The van der Waals surface area contributed by atoms with E-state index in [2.05, 4.69) is 4.98 Å². The third kappa shape index (κ3) is 3.75. The van der Waals surface area contributed by atoms with E-state index in [0.717, 1.165) is 22.2 Å². The summed E-state index contributed by atoms with van der Waals surface area (Å²) < 4.78 is 7.36. The van der Waals surface area contributed by atoms with Crippen molar-refractivity contribution in [2.75, 3.05) is 18.1 Å². The van der Waals surface area contributed by atoms with E-state index in [1.165, 1.54) is 0 Å². The monoisotopic (exact) mass is 440 g/mol. The van der Waals surface area contributed by atoms with Gasteiger partial charge in [0.05, 0.1) is 23.7 Å². The molecule has 3 heterocycles. The molecule has 0 aliphatic carbocycles. The number of benzene rings is 2. The van der Waals surface area contributed by atoms with Gasteiger partial charge in [-0.1, -0.05) is 48.5 Å². The Hall–Kier alpha value is -4.00. The number of ether oxygens (including phenoxy) is 1. The van der Waals surface area contributed by atoms with Crippen LogP contribution >= 0.6 is 0 Å². The van der Waals surface area contributed by atoms with Crippen LogP contribution in [0.2, 0.25) is 0 Å². The Labute approximate surface area is 191 Å². The van der Waals surface area contributed by atoms with Crippen molar-refractivity contribution < 1.29 is 14.3 Å². The van der Waals surface area contributed by atoms with Gasteiger partial charge in [-0.15, -0.1) is 0 Å². The molecule has 0 saturated carbocycles. The van der Waals surface area contributed by atoms with E-state index in [0.29, 0.717) is 18.9 Å². The molecular weight excluding hydrogens is 416 g/mol. The van der Waals surface area contributed by atoms with Crippen LogP contribution in [0.25, 0.3) is 11.0 Å².